The van der Waals surface area contributed by atoms with E-state index in [-0.39, 0.29) is 9.79 Å². The van der Waals surface area contributed by atoms with Crippen molar-refractivity contribution in [3.8, 4) is 0 Å². The van der Waals surface area contributed by atoms with Crippen molar-refractivity contribution in [1.29, 1.82) is 0 Å². The van der Waals surface area contributed by atoms with Gasteiger partial charge >= 0.3 is 0 Å². The van der Waals surface area contributed by atoms with E-state index >= 15 is 0 Å². The first-order valence-electron chi connectivity index (χ1n) is 7.94. The summed E-state index contributed by atoms with van der Waals surface area (Å²) in [6, 6.07) is 8.47. The van der Waals surface area contributed by atoms with Crippen molar-refractivity contribution in [3.05, 3.63) is 47.8 Å². The molecule has 6 nitrogen and oxygen atoms in total. The minimum Gasteiger partial charge on any atom is -0.302 e. The summed E-state index contributed by atoms with van der Waals surface area (Å²) >= 11 is 1.33. The lowest BCUT2D eigenvalue weighted by Gasteiger charge is -2.24. The second-order valence-electron chi connectivity index (χ2n) is 6.11. The highest BCUT2D eigenvalue weighted by Gasteiger charge is 2.30. The van der Waals surface area contributed by atoms with Gasteiger partial charge in [0.2, 0.25) is 9.84 Å². The van der Waals surface area contributed by atoms with Crippen molar-refractivity contribution >= 4 is 27.2 Å². The maximum absolute atomic E-state index is 13.2. The molecule has 3 aromatic rings. The smallest absolute Gasteiger partial charge is 0.213 e. The van der Waals surface area contributed by atoms with Gasteiger partial charge in [0, 0.05) is 31.3 Å². The van der Waals surface area contributed by atoms with Crippen LogP contribution < -0.4 is 0 Å². The van der Waals surface area contributed by atoms with Crippen LogP contribution in [0.4, 0.5) is 0 Å². The summed E-state index contributed by atoms with van der Waals surface area (Å²) in [5.41, 5.74) is 2.56. The lowest BCUT2D eigenvalue weighted by atomic mass is 10.1. The molecule has 0 bridgehead atoms. The summed E-state index contributed by atoms with van der Waals surface area (Å²) in [6.07, 6.45) is 4.45. The molecule has 1 aliphatic heterocycles. The highest BCUT2D eigenvalue weighted by atomic mass is 32.2. The molecule has 4 rings (SSSR count). The van der Waals surface area contributed by atoms with Gasteiger partial charge in [0.05, 0.1) is 10.6 Å². The summed E-state index contributed by atoms with van der Waals surface area (Å²) in [5.74, 6) is 0. The van der Waals surface area contributed by atoms with Crippen LogP contribution in [0.25, 0.3) is 5.65 Å². The number of thioether (sulfide) groups is 1. The predicted molar refractivity (Wildman–Crippen MR) is 96.7 cm³/mol. The zero-order valence-corrected chi connectivity index (χ0v) is 15.6. The lowest BCUT2D eigenvalue weighted by molar-refractivity contribution is 0.307. The molecule has 0 unspecified atom stereocenters. The lowest BCUT2D eigenvalue weighted by Crippen LogP contribution is -2.28. The molecule has 0 amide bonds. The fourth-order valence-corrected chi connectivity index (χ4v) is 5.60. The molecule has 1 aliphatic rings. The second-order valence-corrected chi connectivity index (χ2v) is 8.79. The zero-order chi connectivity index (χ0) is 17.6. The fraction of sp³-hybridized carbons (Fsp3) is 0.294. The Morgan fingerprint density at radius 3 is 2.68 bits per heavy atom. The number of benzene rings is 1. The largest absolute Gasteiger partial charge is 0.302 e. The highest BCUT2D eigenvalue weighted by Crippen LogP contribution is 2.33. The van der Waals surface area contributed by atoms with E-state index in [1.807, 2.05) is 6.26 Å². The molecule has 0 spiro atoms. The molecule has 0 aliphatic carbocycles. The molecular formula is C17H18N4O2S2. The molecule has 0 saturated heterocycles. The molecule has 25 heavy (non-hydrogen) atoms. The Kier molecular flexibility index (Phi) is 4.05. The maximum atomic E-state index is 13.2. The zero-order valence-electron chi connectivity index (χ0n) is 14.0. The average Bonchev–Trinajstić information content (AvgIpc) is 3.02. The first-order valence-corrected chi connectivity index (χ1v) is 10.7. The van der Waals surface area contributed by atoms with E-state index in [0.717, 1.165) is 30.8 Å². The Morgan fingerprint density at radius 2 is 1.96 bits per heavy atom. The van der Waals surface area contributed by atoms with Gasteiger partial charge in [-0.2, -0.15) is 5.10 Å². The highest BCUT2D eigenvalue weighted by molar-refractivity contribution is 7.99. The van der Waals surface area contributed by atoms with E-state index < -0.39 is 9.84 Å². The minimum atomic E-state index is -3.68. The SMILES string of the molecule is CSc1nn2c3c(cnc2c1S(=O)(=O)c1ccccc1)CN(C)CC3. The van der Waals surface area contributed by atoms with Crippen molar-refractivity contribution < 1.29 is 8.42 Å². The molecule has 0 saturated carbocycles. The number of hydrogen-bond donors (Lipinski definition) is 0. The standard InChI is InChI=1S/C17H18N4O2S2/c1-20-9-8-14-12(11-20)10-18-16-15(17(24-2)19-21(14)16)25(22,23)13-6-4-3-5-7-13/h3-7,10H,8-9,11H2,1-2H3. The summed E-state index contributed by atoms with van der Waals surface area (Å²) < 4.78 is 28.1. The monoisotopic (exact) mass is 374 g/mol. The van der Waals surface area contributed by atoms with Crippen LogP contribution in [0.1, 0.15) is 11.3 Å². The van der Waals surface area contributed by atoms with Gasteiger partial charge in [-0.3, -0.25) is 0 Å². The topological polar surface area (TPSA) is 67.6 Å². The molecule has 0 radical (unpaired) electrons. The Hall–Kier alpha value is -1.90. The second kappa shape index (κ2) is 6.12. The van der Waals surface area contributed by atoms with E-state index in [1.165, 1.54) is 11.8 Å². The van der Waals surface area contributed by atoms with E-state index in [2.05, 4.69) is 22.0 Å². The van der Waals surface area contributed by atoms with Crippen LogP contribution in [0.3, 0.4) is 0 Å². The first kappa shape index (κ1) is 16.6. The fourth-order valence-electron chi connectivity index (χ4n) is 3.18. The molecule has 2 aromatic heterocycles. The van der Waals surface area contributed by atoms with Gasteiger partial charge in [-0.15, -0.1) is 11.8 Å². The molecule has 0 atom stereocenters. The van der Waals surface area contributed by atoms with Crippen LogP contribution in [0, 0.1) is 0 Å². The molecule has 3 heterocycles. The van der Waals surface area contributed by atoms with Gasteiger partial charge in [0.1, 0.15) is 5.03 Å². The first-order chi connectivity index (χ1) is 12.0. The third kappa shape index (κ3) is 2.65. The Balaban J connectivity index is 1.99. The van der Waals surface area contributed by atoms with Crippen molar-refractivity contribution in [2.45, 2.75) is 27.8 Å². The van der Waals surface area contributed by atoms with E-state index in [9.17, 15) is 8.42 Å². The molecular weight excluding hydrogens is 356 g/mol. The van der Waals surface area contributed by atoms with Gasteiger partial charge in [0.15, 0.2) is 10.5 Å². The van der Waals surface area contributed by atoms with Crippen LogP contribution in [0.5, 0.6) is 0 Å². The number of hydrogen-bond acceptors (Lipinski definition) is 6. The molecule has 0 fully saturated rings. The van der Waals surface area contributed by atoms with Gasteiger partial charge in [-0.1, -0.05) is 18.2 Å². The summed E-state index contributed by atoms with van der Waals surface area (Å²) in [4.78, 5) is 7.15. The molecule has 8 heteroatoms. The minimum absolute atomic E-state index is 0.202. The van der Waals surface area contributed by atoms with Crippen molar-refractivity contribution in [2.24, 2.45) is 0 Å². The van der Waals surface area contributed by atoms with Crippen LogP contribution in [0.2, 0.25) is 0 Å². The van der Waals surface area contributed by atoms with Crippen LogP contribution in [-0.4, -0.2) is 47.8 Å². The number of nitrogens with zero attached hydrogens (tertiary/aromatic N) is 4. The predicted octanol–water partition coefficient (Wildman–Crippen LogP) is 2.27. The molecule has 0 N–H and O–H groups in total. The maximum Gasteiger partial charge on any atom is 0.213 e. The Bertz CT molecular complexity index is 1050. The third-order valence-electron chi connectivity index (χ3n) is 4.44. The van der Waals surface area contributed by atoms with Crippen LogP contribution in [-0.2, 0) is 22.8 Å². The van der Waals surface area contributed by atoms with Gasteiger partial charge in [-0.05, 0) is 25.4 Å². The van der Waals surface area contributed by atoms with Crippen molar-refractivity contribution in [3.63, 3.8) is 0 Å². The van der Waals surface area contributed by atoms with Gasteiger partial charge in [-0.25, -0.2) is 17.9 Å². The summed E-state index contributed by atoms with van der Waals surface area (Å²) in [5, 5.41) is 5.07. The van der Waals surface area contributed by atoms with Crippen LogP contribution >= 0.6 is 11.8 Å². The Morgan fingerprint density at radius 1 is 1.20 bits per heavy atom. The quantitative estimate of drug-likeness (QED) is 0.655. The van der Waals surface area contributed by atoms with Crippen LogP contribution in [0.15, 0.2) is 51.3 Å². The van der Waals surface area contributed by atoms with Gasteiger partial charge < -0.3 is 4.90 Å². The number of rotatable bonds is 3. The molecule has 130 valence electrons. The molecule has 1 aromatic carbocycles. The van der Waals surface area contributed by atoms with E-state index in [4.69, 9.17) is 0 Å². The summed E-state index contributed by atoms with van der Waals surface area (Å²) in [7, 11) is -1.62. The number of fused-ring (bicyclic) bond motifs is 3. The van der Waals surface area contributed by atoms with E-state index in [1.54, 1.807) is 41.0 Å². The number of aromatic nitrogens is 3. The van der Waals surface area contributed by atoms with Crippen molar-refractivity contribution in [1.82, 2.24) is 19.5 Å². The third-order valence-corrected chi connectivity index (χ3v) is 7.05. The van der Waals surface area contributed by atoms with Gasteiger partial charge in [0.25, 0.3) is 0 Å². The number of sulfone groups is 1. The normalized spacial score (nSPS) is 15.4. The number of likely N-dealkylation sites (N-methyl/N-ethyl adjacent to an activating group) is 1. The van der Waals surface area contributed by atoms with Crippen molar-refractivity contribution in [2.75, 3.05) is 19.8 Å². The van der Waals surface area contributed by atoms with E-state index in [0.29, 0.717) is 10.7 Å². The average molecular weight is 374 g/mol. The Labute approximate surface area is 150 Å². The summed E-state index contributed by atoms with van der Waals surface area (Å²) in [6.45, 7) is 1.72.